The van der Waals surface area contributed by atoms with Gasteiger partial charge >= 0.3 is 0 Å². The van der Waals surface area contributed by atoms with Gasteiger partial charge in [-0.15, -0.1) is 0 Å². The van der Waals surface area contributed by atoms with Crippen LogP contribution < -0.4 is 4.74 Å². The van der Waals surface area contributed by atoms with Crippen LogP contribution in [0.5, 0.6) is 5.75 Å². The van der Waals surface area contributed by atoms with Crippen molar-refractivity contribution in [1.82, 2.24) is 14.7 Å². The Morgan fingerprint density at radius 2 is 2.12 bits per heavy atom. The van der Waals surface area contributed by atoms with Crippen molar-refractivity contribution in [2.75, 3.05) is 13.7 Å². The van der Waals surface area contributed by atoms with Crippen LogP contribution in [-0.4, -0.2) is 45.4 Å². The van der Waals surface area contributed by atoms with Crippen molar-refractivity contribution in [2.24, 2.45) is 7.05 Å². The zero-order chi connectivity index (χ0) is 18.7. The van der Waals surface area contributed by atoms with E-state index in [4.69, 9.17) is 4.74 Å². The molecule has 1 saturated heterocycles. The number of carbonyl (C=O) groups excluding carboxylic acids is 1. The van der Waals surface area contributed by atoms with E-state index in [1.165, 1.54) is 0 Å². The van der Waals surface area contributed by atoms with Gasteiger partial charge in [-0.05, 0) is 49.4 Å². The molecule has 6 heteroatoms. The monoisotopic (exact) mass is 357 g/mol. The fourth-order valence-corrected chi connectivity index (χ4v) is 3.77. The van der Waals surface area contributed by atoms with Gasteiger partial charge in [0.2, 0.25) is 5.91 Å². The van der Waals surface area contributed by atoms with Crippen molar-refractivity contribution in [2.45, 2.75) is 44.2 Å². The minimum absolute atomic E-state index is 0.0881. The fourth-order valence-electron chi connectivity index (χ4n) is 3.77. The van der Waals surface area contributed by atoms with Crippen LogP contribution >= 0.6 is 0 Å². The Kier molecular flexibility index (Phi) is 5.32. The van der Waals surface area contributed by atoms with Gasteiger partial charge in [0, 0.05) is 26.2 Å². The summed E-state index contributed by atoms with van der Waals surface area (Å²) >= 11 is 0. The third kappa shape index (κ3) is 3.75. The molecule has 1 N–H and O–H groups in total. The van der Waals surface area contributed by atoms with Crippen LogP contribution in [0.4, 0.5) is 0 Å². The van der Waals surface area contributed by atoms with Crippen LogP contribution in [0.25, 0.3) is 0 Å². The van der Waals surface area contributed by atoms with Gasteiger partial charge in [0.05, 0.1) is 19.3 Å². The second-order valence-corrected chi connectivity index (χ2v) is 7.14. The van der Waals surface area contributed by atoms with Crippen molar-refractivity contribution in [3.8, 4) is 5.75 Å². The lowest BCUT2D eigenvalue weighted by Crippen LogP contribution is -2.48. The Morgan fingerprint density at radius 1 is 1.38 bits per heavy atom. The van der Waals surface area contributed by atoms with Gasteiger partial charge in [0.25, 0.3) is 0 Å². The van der Waals surface area contributed by atoms with Crippen molar-refractivity contribution in [3.05, 3.63) is 47.8 Å². The number of ether oxygens (including phenoxy) is 1. The lowest BCUT2D eigenvalue weighted by Gasteiger charge is -2.37. The molecule has 0 bridgehead atoms. The Balaban J connectivity index is 1.70. The number of hydrogen-bond donors (Lipinski definition) is 1. The Labute approximate surface area is 154 Å². The Hall–Kier alpha value is -2.34. The molecule has 1 aromatic carbocycles. The maximum Gasteiger partial charge on any atom is 0.223 e. The van der Waals surface area contributed by atoms with Crippen LogP contribution in [0.2, 0.25) is 0 Å². The summed E-state index contributed by atoms with van der Waals surface area (Å²) in [6.45, 7) is 2.50. The van der Waals surface area contributed by atoms with E-state index >= 15 is 0 Å². The van der Waals surface area contributed by atoms with Crippen LogP contribution in [0.3, 0.4) is 0 Å². The zero-order valence-corrected chi connectivity index (χ0v) is 15.7. The Morgan fingerprint density at radius 3 is 2.73 bits per heavy atom. The highest BCUT2D eigenvalue weighted by Crippen LogP contribution is 2.35. The number of carbonyl (C=O) groups is 1. The summed E-state index contributed by atoms with van der Waals surface area (Å²) < 4.78 is 6.93. The molecule has 26 heavy (non-hydrogen) atoms. The first-order valence-electron chi connectivity index (χ1n) is 9.05. The number of aromatic nitrogens is 2. The first kappa shape index (κ1) is 18.5. The Bertz CT molecular complexity index is 752. The first-order valence-corrected chi connectivity index (χ1v) is 9.05. The molecule has 2 aromatic rings. The average Bonchev–Trinajstić information content (AvgIpc) is 3.29. The van der Waals surface area contributed by atoms with Crippen molar-refractivity contribution < 1.29 is 14.6 Å². The van der Waals surface area contributed by atoms with E-state index in [9.17, 15) is 9.90 Å². The molecule has 1 aliphatic rings. The van der Waals surface area contributed by atoms with E-state index in [1.807, 2.05) is 42.4 Å². The highest BCUT2D eigenvalue weighted by Gasteiger charge is 2.42. The van der Waals surface area contributed by atoms with Crippen LogP contribution in [0.15, 0.2) is 36.7 Å². The zero-order valence-electron chi connectivity index (χ0n) is 15.7. The van der Waals surface area contributed by atoms with Crippen LogP contribution in [0, 0.1) is 0 Å². The molecule has 1 aromatic heterocycles. The molecule has 1 fully saturated rings. The highest BCUT2D eigenvalue weighted by molar-refractivity contribution is 5.77. The van der Waals surface area contributed by atoms with E-state index in [-0.39, 0.29) is 11.9 Å². The lowest BCUT2D eigenvalue weighted by molar-refractivity contribution is -0.137. The third-order valence-corrected chi connectivity index (χ3v) is 5.28. The number of aryl methyl sites for hydroxylation is 2. The second kappa shape index (κ2) is 7.50. The lowest BCUT2D eigenvalue weighted by atomic mass is 9.86. The van der Waals surface area contributed by atoms with Crippen molar-refractivity contribution >= 4 is 5.91 Å². The molecule has 0 spiro atoms. The molecular formula is C20H27N3O3. The molecule has 0 aliphatic carbocycles. The highest BCUT2D eigenvalue weighted by atomic mass is 16.5. The number of rotatable bonds is 6. The largest absolute Gasteiger partial charge is 0.497 e. The number of likely N-dealkylation sites (tertiary alicyclic amines) is 1. The maximum absolute atomic E-state index is 12.8. The molecule has 0 radical (unpaired) electrons. The van der Waals surface area contributed by atoms with Crippen LogP contribution in [0.1, 0.15) is 37.3 Å². The van der Waals surface area contributed by atoms with E-state index < -0.39 is 5.60 Å². The van der Waals surface area contributed by atoms with Gasteiger partial charge in [-0.3, -0.25) is 9.48 Å². The summed E-state index contributed by atoms with van der Waals surface area (Å²) in [5, 5.41) is 15.4. The van der Waals surface area contributed by atoms with Crippen LogP contribution in [-0.2, 0) is 23.9 Å². The molecule has 0 saturated carbocycles. The predicted octanol–water partition coefficient (Wildman–Crippen LogP) is 2.26. The smallest absolute Gasteiger partial charge is 0.223 e. The number of nitrogens with zero attached hydrogens (tertiary/aromatic N) is 3. The first-order chi connectivity index (χ1) is 12.4. The molecule has 3 rings (SSSR count). The van der Waals surface area contributed by atoms with Gasteiger partial charge in [-0.25, -0.2) is 0 Å². The minimum Gasteiger partial charge on any atom is -0.497 e. The van der Waals surface area contributed by atoms with E-state index in [0.717, 1.165) is 29.7 Å². The summed E-state index contributed by atoms with van der Waals surface area (Å²) in [7, 11) is 3.49. The molecule has 2 atom stereocenters. The summed E-state index contributed by atoms with van der Waals surface area (Å²) in [5.74, 6) is 0.838. The van der Waals surface area contributed by atoms with Crippen molar-refractivity contribution in [1.29, 1.82) is 0 Å². The normalized spacial score (nSPS) is 19.4. The van der Waals surface area contributed by atoms with Crippen molar-refractivity contribution in [3.63, 3.8) is 0 Å². The van der Waals surface area contributed by atoms with E-state index in [1.54, 1.807) is 24.9 Å². The molecule has 1 aliphatic heterocycles. The average molecular weight is 357 g/mol. The summed E-state index contributed by atoms with van der Waals surface area (Å²) in [4.78, 5) is 14.6. The standard InChI is InChI=1S/C20H27N3O3/c1-20(25,16-7-9-17(26-3)10-8-16)18-5-4-12-23(18)19(24)11-6-15-13-21-22(2)14-15/h7-10,13-14,18,25H,4-6,11-12H2,1-3H3/t18-,20-/m0/s1. The molecule has 0 unspecified atom stereocenters. The van der Waals surface area contributed by atoms with E-state index in [2.05, 4.69) is 5.10 Å². The third-order valence-electron chi connectivity index (χ3n) is 5.28. The quantitative estimate of drug-likeness (QED) is 0.861. The van der Waals surface area contributed by atoms with Gasteiger partial charge in [0.15, 0.2) is 0 Å². The van der Waals surface area contributed by atoms with Gasteiger partial charge in [-0.2, -0.15) is 5.10 Å². The number of amides is 1. The van der Waals surface area contributed by atoms with E-state index in [0.29, 0.717) is 19.4 Å². The van der Waals surface area contributed by atoms with Gasteiger partial charge in [0.1, 0.15) is 11.4 Å². The maximum atomic E-state index is 12.8. The number of benzene rings is 1. The summed E-state index contributed by atoms with van der Waals surface area (Å²) in [6.07, 6.45) is 6.54. The molecular weight excluding hydrogens is 330 g/mol. The molecule has 6 nitrogen and oxygen atoms in total. The summed E-state index contributed by atoms with van der Waals surface area (Å²) in [5.41, 5.74) is 0.765. The molecule has 2 heterocycles. The fraction of sp³-hybridized carbons (Fsp3) is 0.500. The molecule has 1 amide bonds. The van der Waals surface area contributed by atoms with Gasteiger partial charge in [-0.1, -0.05) is 12.1 Å². The SMILES string of the molecule is COc1ccc([C@](C)(O)[C@@H]2CCCN2C(=O)CCc2cnn(C)c2)cc1. The minimum atomic E-state index is -1.09. The van der Waals surface area contributed by atoms with Gasteiger partial charge < -0.3 is 14.7 Å². The number of aliphatic hydroxyl groups is 1. The number of methoxy groups -OCH3 is 1. The summed E-state index contributed by atoms with van der Waals surface area (Å²) in [6, 6.07) is 7.21. The number of hydrogen-bond acceptors (Lipinski definition) is 4. The predicted molar refractivity (Wildman–Crippen MR) is 98.8 cm³/mol. The topological polar surface area (TPSA) is 67.6 Å². The molecule has 140 valence electrons. The second-order valence-electron chi connectivity index (χ2n) is 7.14.